The van der Waals surface area contributed by atoms with Gasteiger partial charge in [0.1, 0.15) is 5.82 Å². The number of hydrogen-bond donors (Lipinski definition) is 1. The minimum atomic E-state index is 0.394. The van der Waals surface area contributed by atoms with Crippen LogP contribution in [0.1, 0.15) is 45.4 Å². The van der Waals surface area contributed by atoms with Crippen molar-refractivity contribution in [1.82, 2.24) is 10.3 Å². The van der Waals surface area contributed by atoms with Gasteiger partial charge in [0.25, 0.3) is 0 Å². The predicted octanol–water partition coefficient (Wildman–Crippen LogP) is 3.24. The fourth-order valence-corrected chi connectivity index (χ4v) is 2.96. The smallest absolute Gasteiger partial charge is 0.129 e. The summed E-state index contributed by atoms with van der Waals surface area (Å²) in [6.07, 6.45) is 2.28. The van der Waals surface area contributed by atoms with Crippen LogP contribution in [0.25, 0.3) is 0 Å². The quantitative estimate of drug-likeness (QED) is 0.914. The summed E-state index contributed by atoms with van der Waals surface area (Å²) in [7, 11) is 2.00. The Morgan fingerprint density at radius 2 is 2.10 bits per heavy atom. The highest BCUT2D eigenvalue weighted by Crippen LogP contribution is 2.35. The number of rotatable bonds is 4. The molecule has 0 aliphatic carbocycles. The molecule has 0 bridgehead atoms. The Kier molecular flexibility index (Phi) is 4.69. The molecule has 20 heavy (non-hydrogen) atoms. The van der Waals surface area contributed by atoms with E-state index in [9.17, 15) is 0 Å². The fraction of sp³-hybridized carbons (Fsp3) is 0.706. The lowest BCUT2D eigenvalue weighted by Crippen LogP contribution is -2.26. The Morgan fingerprint density at radius 3 is 2.65 bits per heavy atom. The van der Waals surface area contributed by atoms with Gasteiger partial charge in [0.05, 0.1) is 0 Å². The number of pyridine rings is 1. The Balaban J connectivity index is 2.18. The molecule has 0 saturated carbocycles. The van der Waals surface area contributed by atoms with Crippen molar-refractivity contribution < 1.29 is 0 Å². The molecule has 1 aliphatic rings. The van der Waals surface area contributed by atoms with Gasteiger partial charge in [0, 0.05) is 25.3 Å². The highest BCUT2D eigenvalue weighted by Gasteiger charge is 2.32. The number of aryl methyl sites for hydroxylation is 1. The summed E-state index contributed by atoms with van der Waals surface area (Å²) >= 11 is 0. The lowest BCUT2D eigenvalue weighted by Gasteiger charge is -2.27. The predicted molar refractivity (Wildman–Crippen MR) is 86.2 cm³/mol. The molecule has 2 rings (SSSR count). The Hall–Kier alpha value is -1.09. The summed E-state index contributed by atoms with van der Waals surface area (Å²) < 4.78 is 0. The first-order valence-electron chi connectivity index (χ1n) is 7.83. The van der Waals surface area contributed by atoms with Crippen molar-refractivity contribution in [2.24, 2.45) is 11.3 Å². The molecule has 1 fully saturated rings. The summed E-state index contributed by atoms with van der Waals surface area (Å²) in [5.41, 5.74) is 2.94. The number of anilines is 1. The van der Waals surface area contributed by atoms with Gasteiger partial charge in [-0.05, 0) is 48.9 Å². The Morgan fingerprint density at radius 1 is 1.35 bits per heavy atom. The van der Waals surface area contributed by atoms with E-state index in [1.165, 1.54) is 23.5 Å². The van der Waals surface area contributed by atoms with Gasteiger partial charge in [0.2, 0.25) is 0 Å². The lowest BCUT2D eigenvalue weighted by molar-refractivity contribution is 0.263. The maximum Gasteiger partial charge on any atom is 0.129 e. The molecule has 1 aromatic heterocycles. The standard InChI is InChI=1S/C17H29N3/c1-6-15-9-13(11-18-5)10-16(19-15)20-8-7-14(12-20)17(2,3)4/h9-10,14,18H,6-8,11-12H2,1-5H3. The minimum absolute atomic E-state index is 0.394. The lowest BCUT2D eigenvalue weighted by atomic mass is 9.80. The third-order valence-electron chi connectivity index (χ3n) is 4.40. The maximum absolute atomic E-state index is 4.83. The van der Waals surface area contributed by atoms with Crippen molar-refractivity contribution in [2.45, 2.75) is 47.1 Å². The number of nitrogens with zero attached hydrogens (tertiary/aromatic N) is 2. The Bertz CT molecular complexity index is 448. The molecular weight excluding hydrogens is 246 g/mol. The highest BCUT2D eigenvalue weighted by molar-refractivity contribution is 5.44. The molecule has 1 N–H and O–H groups in total. The summed E-state index contributed by atoms with van der Waals surface area (Å²) in [5, 5.41) is 3.24. The van der Waals surface area contributed by atoms with Gasteiger partial charge in [0.15, 0.2) is 0 Å². The second-order valence-corrected chi connectivity index (χ2v) is 7.01. The van der Waals surface area contributed by atoms with E-state index >= 15 is 0 Å². The van der Waals surface area contributed by atoms with Crippen molar-refractivity contribution >= 4 is 5.82 Å². The molecular formula is C17H29N3. The maximum atomic E-state index is 4.83. The van der Waals surface area contributed by atoms with Crippen LogP contribution in [0.5, 0.6) is 0 Å². The summed E-state index contributed by atoms with van der Waals surface area (Å²) in [4.78, 5) is 7.30. The first kappa shape index (κ1) is 15.3. The van der Waals surface area contributed by atoms with Crippen molar-refractivity contribution in [2.75, 3.05) is 25.0 Å². The molecule has 112 valence electrons. The van der Waals surface area contributed by atoms with E-state index in [1.807, 2.05) is 7.05 Å². The largest absolute Gasteiger partial charge is 0.356 e. The van der Waals surface area contributed by atoms with Crippen molar-refractivity contribution in [1.29, 1.82) is 0 Å². The SMILES string of the molecule is CCc1cc(CNC)cc(N2CCC(C(C)(C)C)C2)n1. The van der Waals surface area contributed by atoms with Gasteiger partial charge in [-0.1, -0.05) is 27.7 Å². The van der Waals surface area contributed by atoms with E-state index in [0.717, 1.165) is 32.0 Å². The van der Waals surface area contributed by atoms with E-state index in [4.69, 9.17) is 4.98 Å². The molecule has 1 aliphatic heterocycles. The molecule has 0 radical (unpaired) electrons. The third-order valence-corrected chi connectivity index (χ3v) is 4.40. The van der Waals surface area contributed by atoms with Gasteiger partial charge in [-0.2, -0.15) is 0 Å². The molecule has 3 heteroatoms. The molecule has 0 amide bonds. The molecule has 1 aromatic rings. The zero-order valence-electron chi connectivity index (χ0n) is 13.7. The van der Waals surface area contributed by atoms with Gasteiger partial charge in [-0.25, -0.2) is 4.98 Å². The number of nitrogens with one attached hydrogen (secondary N) is 1. The Labute approximate surface area is 123 Å². The van der Waals surface area contributed by atoms with E-state index in [0.29, 0.717) is 5.41 Å². The average molecular weight is 275 g/mol. The van der Waals surface area contributed by atoms with Crippen LogP contribution in [-0.2, 0) is 13.0 Å². The second kappa shape index (κ2) is 6.13. The normalized spacial score (nSPS) is 19.6. The van der Waals surface area contributed by atoms with Crippen molar-refractivity contribution in [3.8, 4) is 0 Å². The molecule has 0 spiro atoms. The summed E-state index contributed by atoms with van der Waals surface area (Å²) in [6.45, 7) is 12.4. The van der Waals surface area contributed by atoms with Crippen molar-refractivity contribution in [3.63, 3.8) is 0 Å². The third kappa shape index (κ3) is 3.51. The summed E-state index contributed by atoms with van der Waals surface area (Å²) in [5.74, 6) is 1.93. The van der Waals surface area contributed by atoms with Gasteiger partial charge >= 0.3 is 0 Å². The summed E-state index contributed by atoms with van der Waals surface area (Å²) in [6, 6.07) is 4.47. The number of aromatic nitrogens is 1. The minimum Gasteiger partial charge on any atom is -0.356 e. The highest BCUT2D eigenvalue weighted by atomic mass is 15.2. The van der Waals surface area contributed by atoms with E-state index in [2.05, 4.69) is 50.0 Å². The van der Waals surface area contributed by atoms with Gasteiger partial charge in [-0.15, -0.1) is 0 Å². The molecule has 1 atom stereocenters. The van der Waals surface area contributed by atoms with Crippen LogP contribution in [0.4, 0.5) is 5.82 Å². The zero-order valence-corrected chi connectivity index (χ0v) is 13.7. The van der Waals surface area contributed by atoms with Crippen LogP contribution in [0, 0.1) is 11.3 Å². The van der Waals surface area contributed by atoms with Crippen LogP contribution in [-0.4, -0.2) is 25.1 Å². The molecule has 1 saturated heterocycles. The average Bonchev–Trinajstić information content (AvgIpc) is 2.88. The van der Waals surface area contributed by atoms with E-state index in [-0.39, 0.29) is 0 Å². The molecule has 1 unspecified atom stereocenters. The van der Waals surface area contributed by atoms with Crippen LogP contribution >= 0.6 is 0 Å². The fourth-order valence-electron chi connectivity index (χ4n) is 2.96. The molecule has 3 nitrogen and oxygen atoms in total. The first-order valence-corrected chi connectivity index (χ1v) is 7.83. The number of hydrogen-bond acceptors (Lipinski definition) is 3. The van der Waals surface area contributed by atoms with Crippen LogP contribution < -0.4 is 10.2 Å². The molecule has 2 heterocycles. The second-order valence-electron chi connectivity index (χ2n) is 7.01. The van der Waals surface area contributed by atoms with E-state index in [1.54, 1.807) is 0 Å². The van der Waals surface area contributed by atoms with Crippen LogP contribution in [0.2, 0.25) is 0 Å². The van der Waals surface area contributed by atoms with Crippen LogP contribution in [0.15, 0.2) is 12.1 Å². The van der Waals surface area contributed by atoms with Gasteiger partial charge in [-0.3, -0.25) is 0 Å². The van der Waals surface area contributed by atoms with E-state index < -0.39 is 0 Å². The van der Waals surface area contributed by atoms with Crippen LogP contribution in [0.3, 0.4) is 0 Å². The molecule has 0 aromatic carbocycles. The first-order chi connectivity index (χ1) is 9.44. The monoisotopic (exact) mass is 275 g/mol. The van der Waals surface area contributed by atoms with Gasteiger partial charge < -0.3 is 10.2 Å². The van der Waals surface area contributed by atoms with Crippen molar-refractivity contribution in [3.05, 3.63) is 23.4 Å². The topological polar surface area (TPSA) is 28.2 Å². The zero-order chi connectivity index (χ0) is 14.8.